The van der Waals surface area contributed by atoms with Crippen LogP contribution in [0.15, 0.2) is 42.6 Å². The van der Waals surface area contributed by atoms with Crippen LogP contribution < -0.4 is 4.74 Å². The molecule has 5 heteroatoms. The van der Waals surface area contributed by atoms with Crippen molar-refractivity contribution in [2.45, 2.75) is 83.6 Å². The lowest BCUT2D eigenvalue weighted by Crippen LogP contribution is -2.43. The molecule has 1 fully saturated rings. The number of fused-ring (bicyclic) bond motifs is 1. The van der Waals surface area contributed by atoms with E-state index in [9.17, 15) is 4.79 Å². The summed E-state index contributed by atoms with van der Waals surface area (Å²) in [6.07, 6.45) is 11.7. The highest BCUT2D eigenvalue weighted by molar-refractivity contribution is 5.78. The van der Waals surface area contributed by atoms with E-state index < -0.39 is 0 Å². The standard InChI is InChI=1S/C30H43N3O2/c1-3-5-9-18-32(17-6-4-2)30(34)23-33-22-26(24-11-14-29-25(20-24)15-19-35-29)21-28(33)13-12-27-10-7-8-16-31-27/h7-8,10-11,14,16,20,26,28H,3-6,9,12-13,15,17-19,21-23H2,1-2H3. The van der Waals surface area contributed by atoms with Gasteiger partial charge in [0.1, 0.15) is 5.75 Å². The summed E-state index contributed by atoms with van der Waals surface area (Å²) < 4.78 is 5.73. The normalized spacial score (nSPS) is 19.5. The van der Waals surface area contributed by atoms with Crippen LogP contribution in [0, 0.1) is 0 Å². The third-order valence-corrected chi connectivity index (χ3v) is 7.68. The van der Waals surface area contributed by atoms with Crippen molar-refractivity contribution >= 4 is 5.91 Å². The quantitative estimate of drug-likeness (QED) is 0.351. The first-order valence-electron chi connectivity index (χ1n) is 13.8. The lowest BCUT2D eigenvalue weighted by atomic mass is 9.93. The monoisotopic (exact) mass is 477 g/mol. The molecule has 3 heterocycles. The molecule has 0 saturated carbocycles. The molecule has 2 aliphatic heterocycles. The van der Waals surface area contributed by atoms with Gasteiger partial charge in [0.05, 0.1) is 13.2 Å². The van der Waals surface area contributed by atoms with Crippen molar-refractivity contribution in [2.75, 3.05) is 32.8 Å². The van der Waals surface area contributed by atoms with Gasteiger partial charge in [0.15, 0.2) is 0 Å². The molecule has 190 valence electrons. The molecular weight excluding hydrogens is 434 g/mol. The maximum atomic E-state index is 13.5. The van der Waals surface area contributed by atoms with Crippen molar-refractivity contribution in [3.05, 3.63) is 59.4 Å². The first-order valence-corrected chi connectivity index (χ1v) is 13.8. The number of likely N-dealkylation sites (tertiary alicyclic amines) is 1. The van der Waals surface area contributed by atoms with Crippen LogP contribution in [0.4, 0.5) is 0 Å². The Labute approximate surface area is 211 Å². The van der Waals surface area contributed by atoms with E-state index in [0.717, 1.165) is 82.6 Å². The molecule has 2 aromatic rings. The molecule has 0 radical (unpaired) electrons. The molecule has 0 bridgehead atoms. The highest BCUT2D eigenvalue weighted by atomic mass is 16.5. The molecule has 5 nitrogen and oxygen atoms in total. The van der Waals surface area contributed by atoms with Crippen LogP contribution in [0.25, 0.3) is 0 Å². The average molecular weight is 478 g/mol. The fourth-order valence-corrected chi connectivity index (χ4v) is 5.58. The molecule has 1 aromatic carbocycles. The summed E-state index contributed by atoms with van der Waals surface area (Å²) in [6.45, 7) is 8.49. The number of hydrogen-bond donors (Lipinski definition) is 0. The second-order valence-corrected chi connectivity index (χ2v) is 10.3. The number of aryl methyl sites for hydroxylation is 1. The molecule has 0 N–H and O–H groups in total. The summed E-state index contributed by atoms with van der Waals surface area (Å²) >= 11 is 0. The van der Waals surface area contributed by atoms with Gasteiger partial charge in [0.2, 0.25) is 5.91 Å². The third kappa shape index (κ3) is 7.07. The molecule has 2 aliphatic rings. The summed E-state index contributed by atoms with van der Waals surface area (Å²) in [5.41, 5.74) is 3.88. The van der Waals surface area contributed by atoms with E-state index in [1.807, 2.05) is 12.3 Å². The van der Waals surface area contributed by atoms with Crippen molar-refractivity contribution in [1.29, 1.82) is 0 Å². The van der Waals surface area contributed by atoms with E-state index in [4.69, 9.17) is 4.74 Å². The summed E-state index contributed by atoms with van der Waals surface area (Å²) in [5.74, 6) is 1.82. The van der Waals surface area contributed by atoms with Crippen LogP contribution in [0.2, 0.25) is 0 Å². The van der Waals surface area contributed by atoms with Crippen molar-refractivity contribution in [3.8, 4) is 5.75 Å². The number of hydrogen-bond acceptors (Lipinski definition) is 4. The minimum absolute atomic E-state index is 0.306. The highest BCUT2D eigenvalue weighted by Gasteiger charge is 2.35. The first kappa shape index (κ1) is 25.7. The smallest absolute Gasteiger partial charge is 0.236 e. The molecule has 2 atom stereocenters. The van der Waals surface area contributed by atoms with Gasteiger partial charge in [-0.15, -0.1) is 0 Å². The second kappa shape index (κ2) is 13.1. The number of ether oxygens (including phenoxy) is 1. The summed E-state index contributed by atoms with van der Waals surface area (Å²) in [7, 11) is 0. The molecule has 0 spiro atoms. The molecule has 1 aromatic heterocycles. The van der Waals surface area contributed by atoms with E-state index in [-0.39, 0.29) is 0 Å². The fraction of sp³-hybridized carbons (Fsp3) is 0.600. The number of benzene rings is 1. The van der Waals surface area contributed by atoms with E-state index >= 15 is 0 Å². The Kier molecular flexibility index (Phi) is 9.58. The minimum atomic E-state index is 0.306. The Balaban J connectivity index is 1.45. The Hall–Kier alpha value is -2.40. The number of pyridine rings is 1. The predicted molar refractivity (Wildman–Crippen MR) is 142 cm³/mol. The van der Waals surface area contributed by atoms with E-state index in [2.05, 4.69) is 59.0 Å². The number of unbranched alkanes of at least 4 members (excludes halogenated alkanes) is 3. The van der Waals surface area contributed by atoms with Crippen LogP contribution in [0.1, 0.15) is 81.5 Å². The van der Waals surface area contributed by atoms with E-state index in [0.29, 0.717) is 24.4 Å². The van der Waals surface area contributed by atoms with Gasteiger partial charge in [0.25, 0.3) is 0 Å². The summed E-state index contributed by atoms with van der Waals surface area (Å²) in [4.78, 5) is 22.6. The molecule has 35 heavy (non-hydrogen) atoms. The van der Waals surface area contributed by atoms with Gasteiger partial charge < -0.3 is 9.64 Å². The Bertz CT molecular complexity index is 932. The lowest BCUT2D eigenvalue weighted by Gasteiger charge is -2.28. The third-order valence-electron chi connectivity index (χ3n) is 7.68. The van der Waals surface area contributed by atoms with Crippen LogP contribution in [-0.2, 0) is 17.6 Å². The van der Waals surface area contributed by atoms with Crippen molar-refractivity contribution in [1.82, 2.24) is 14.8 Å². The topological polar surface area (TPSA) is 45.7 Å². The number of carbonyl (C=O) groups is 1. The SMILES string of the molecule is CCCCCN(CCCC)C(=O)CN1CC(c2ccc3c(c2)CCO3)CC1CCc1ccccn1. The molecule has 1 saturated heterocycles. The zero-order valence-corrected chi connectivity index (χ0v) is 21.8. The Morgan fingerprint density at radius 1 is 1.11 bits per heavy atom. The van der Waals surface area contributed by atoms with Crippen LogP contribution >= 0.6 is 0 Å². The fourth-order valence-electron chi connectivity index (χ4n) is 5.58. The van der Waals surface area contributed by atoms with Crippen molar-refractivity contribution < 1.29 is 9.53 Å². The van der Waals surface area contributed by atoms with E-state index in [1.165, 1.54) is 24.0 Å². The predicted octanol–water partition coefficient (Wildman–Crippen LogP) is 5.63. The molecular formula is C30H43N3O2. The number of aromatic nitrogens is 1. The van der Waals surface area contributed by atoms with Gasteiger partial charge >= 0.3 is 0 Å². The number of carbonyl (C=O) groups excluding carboxylic acids is 1. The van der Waals surface area contributed by atoms with E-state index in [1.54, 1.807) is 0 Å². The van der Waals surface area contributed by atoms with Gasteiger partial charge in [-0.3, -0.25) is 14.7 Å². The second-order valence-electron chi connectivity index (χ2n) is 10.3. The van der Waals surface area contributed by atoms with Crippen molar-refractivity contribution in [2.24, 2.45) is 0 Å². The molecule has 0 aliphatic carbocycles. The van der Waals surface area contributed by atoms with Gasteiger partial charge in [-0.1, -0.05) is 51.3 Å². The maximum absolute atomic E-state index is 13.5. The van der Waals surface area contributed by atoms with Crippen LogP contribution in [0.5, 0.6) is 5.75 Å². The van der Waals surface area contributed by atoms with Gasteiger partial charge in [0, 0.05) is 44.0 Å². The Morgan fingerprint density at radius 3 is 2.77 bits per heavy atom. The van der Waals surface area contributed by atoms with Crippen molar-refractivity contribution in [3.63, 3.8) is 0 Å². The molecule has 2 unspecified atom stereocenters. The number of amides is 1. The largest absolute Gasteiger partial charge is 0.493 e. The molecule has 1 amide bonds. The summed E-state index contributed by atoms with van der Waals surface area (Å²) in [6, 6.07) is 13.3. The molecule has 4 rings (SSSR count). The van der Waals surface area contributed by atoms with Gasteiger partial charge in [-0.2, -0.15) is 0 Å². The maximum Gasteiger partial charge on any atom is 0.236 e. The lowest BCUT2D eigenvalue weighted by molar-refractivity contribution is -0.132. The summed E-state index contributed by atoms with van der Waals surface area (Å²) in [5, 5.41) is 0. The average Bonchev–Trinajstić information content (AvgIpc) is 3.52. The van der Waals surface area contributed by atoms with Gasteiger partial charge in [-0.25, -0.2) is 0 Å². The highest BCUT2D eigenvalue weighted by Crippen LogP contribution is 2.36. The van der Waals surface area contributed by atoms with Crippen LogP contribution in [-0.4, -0.2) is 59.5 Å². The first-order chi connectivity index (χ1) is 17.2. The number of nitrogens with zero attached hydrogens (tertiary/aromatic N) is 3. The Morgan fingerprint density at radius 2 is 1.97 bits per heavy atom. The van der Waals surface area contributed by atoms with Crippen LogP contribution in [0.3, 0.4) is 0 Å². The number of rotatable bonds is 13. The zero-order chi connectivity index (χ0) is 24.5. The minimum Gasteiger partial charge on any atom is -0.493 e. The van der Waals surface area contributed by atoms with Gasteiger partial charge in [-0.05, 0) is 67.3 Å². The zero-order valence-electron chi connectivity index (χ0n) is 21.8.